The first-order valence-corrected chi connectivity index (χ1v) is 7.45. The molecule has 4 nitrogen and oxygen atoms in total. The summed E-state index contributed by atoms with van der Waals surface area (Å²) in [6, 6.07) is 0.431. The minimum absolute atomic E-state index is 0.143. The summed E-state index contributed by atoms with van der Waals surface area (Å²) in [5.41, 5.74) is -0.143. The summed E-state index contributed by atoms with van der Waals surface area (Å²) < 4.78 is 0. The molecule has 0 aromatic rings. The molecule has 2 unspecified atom stereocenters. The lowest BCUT2D eigenvalue weighted by Gasteiger charge is -2.38. The third-order valence-corrected chi connectivity index (χ3v) is 4.73. The Morgan fingerprint density at radius 1 is 1.44 bits per heavy atom. The molecule has 1 N–H and O–H groups in total. The molecule has 3 fully saturated rings. The summed E-state index contributed by atoms with van der Waals surface area (Å²) in [6.45, 7) is 4.43. The molecule has 0 aromatic carbocycles. The van der Waals surface area contributed by atoms with Gasteiger partial charge in [-0.15, -0.1) is 0 Å². The lowest BCUT2D eigenvalue weighted by Crippen LogP contribution is -2.51. The fraction of sp³-hybridized carbons (Fsp3) is 0.929. The molecule has 1 aliphatic carbocycles. The van der Waals surface area contributed by atoms with Crippen molar-refractivity contribution < 1.29 is 4.79 Å². The molecular weight excluding hydrogens is 226 g/mol. The van der Waals surface area contributed by atoms with Crippen LogP contribution in [0.2, 0.25) is 0 Å². The molecule has 2 aliphatic heterocycles. The third kappa shape index (κ3) is 1.95. The molecule has 2 saturated heterocycles. The smallest absolute Gasteiger partial charge is 0.244 e. The fourth-order valence-corrected chi connectivity index (χ4v) is 3.59. The Kier molecular flexibility index (Phi) is 3.10. The topological polar surface area (TPSA) is 35.6 Å². The van der Waals surface area contributed by atoms with E-state index in [1.165, 1.54) is 19.4 Å². The van der Waals surface area contributed by atoms with Gasteiger partial charge in [0.1, 0.15) is 0 Å². The highest BCUT2D eigenvalue weighted by Gasteiger charge is 2.60. The quantitative estimate of drug-likeness (QED) is 0.818. The Labute approximate surface area is 110 Å². The van der Waals surface area contributed by atoms with E-state index in [0.29, 0.717) is 18.1 Å². The molecule has 1 spiro atoms. The van der Waals surface area contributed by atoms with Crippen LogP contribution in [-0.2, 0) is 4.79 Å². The van der Waals surface area contributed by atoms with E-state index >= 15 is 0 Å². The van der Waals surface area contributed by atoms with Gasteiger partial charge in [0.15, 0.2) is 0 Å². The van der Waals surface area contributed by atoms with Crippen molar-refractivity contribution in [2.24, 2.45) is 0 Å². The maximum Gasteiger partial charge on any atom is 0.244 e. The van der Waals surface area contributed by atoms with Gasteiger partial charge in [-0.3, -0.25) is 10.1 Å². The molecule has 102 valence electrons. The molecule has 4 heteroatoms. The second-order valence-corrected chi connectivity index (χ2v) is 6.30. The molecule has 2 atom stereocenters. The first kappa shape index (κ1) is 12.4. The predicted octanol–water partition coefficient (Wildman–Crippen LogP) is 1.17. The van der Waals surface area contributed by atoms with E-state index in [1.54, 1.807) is 0 Å². The zero-order valence-electron chi connectivity index (χ0n) is 11.6. The first-order chi connectivity index (χ1) is 8.66. The van der Waals surface area contributed by atoms with Gasteiger partial charge in [-0.05, 0) is 45.7 Å². The number of likely N-dealkylation sites (tertiary alicyclic amines) is 1. The predicted molar refractivity (Wildman–Crippen MR) is 71.2 cm³/mol. The lowest BCUT2D eigenvalue weighted by atomic mass is 10.0. The Balaban J connectivity index is 1.76. The van der Waals surface area contributed by atoms with Gasteiger partial charge in [0.2, 0.25) is 5.91 Å². The van der Waals surface area contributed by atoms with Gasteiger partial charge in [0, 0.05) is 12.6 Å². The summed E-state index contributed by atoms with van der Waals surface area (Å²) in [7, 11) is 2.17. The van der Waals surface area contributed by atoms with Crippen LogP contribution in [-0.4, -0.2) is 53.6 Å². The average molecular weight is 251 g/mol. The van der Waals surface area contributed by atoms with Gasteiger partial charge in [-0.2, -0.15) is 0 Å². The number of hydrogen-bond acceptors (Lipinski definition) is 3. The van der Waals surface area contributed by atoms with Crippen molar-refractivity contribution in [3.8, 4) is 0 Å². The van der Waals surface area contributed by atoms with Crippen molar-refractivity contribution in [2.75, 3.05) is 20.1 Å². The van der Waals surface area contributed by atoms with Crippen molar-refractivity contribution in [1.29, 1.82) is 0 Å². The number of rotatable bonds is 3. The SMILES string of the molecule is CCCC1NC2(CC2)C(=O)N1C1CCCN(C)C1. The molecule has 1 amide bonds. The third-order valence-electron chi connectivity index (χ3n) is 4.73. The number of nitrogens with one attached hydrogen (secondary N) is 1. The number of hydrogen-bond donors (Lipinski definition) is 1. The Hall–Kier alpha value is -0.610. The van der Waals surface area contributed by atoms with Gasteiger partial charge >= 0.3 is 0 Å². The summed E-state index contributed by atoms with van der Waals surface area (Å²) in [4.78, 5) is 17.2. The van der Waals surface area contributed by atoms with Crippen molar-refractivity contribution in [2.45, 2.75) is 63.2 Å². The Morgan fingerprint density at radius 2 is 2.22 bits per heavy atom. The standard InChI is InChI=1S/C14H25N3O/c1-3-5-12-15-14(7-8-14)13(18)17(12)11-6-4-9-16(2)10-11/h11-12,15H,3-10H2,1-2H3. The molecule has 0 aromatic heterocycles. The van der Waals surface area contributed by atoms with E-state index in [1.807, 2.05) is 0 Å². The minimum Gasteiger partial charge on any atom is -0.321 e. The summed E-state index contributed by atoms with van der Waals surface area (Å²) >= 11 is 0. The highest BCUT2D eigenvalue weighted by atomic mass is 16.2. The van der Waals surface area contributed by atoms with Gasteiger partial charge in [-0.1, -0.05) is 13.3 Å². The van der Waals surface area contributed by atoms with Crippen LogP contribution in [0.25, 0.3) is 0 Å². The summed E-state index contributed by atoms with van der Waals surface area (Å²) in [5, 5.41) is 3.61. The van der Waals surface area contributed by atoms with Gasteiger partial charge in [-0.25, -0.2) is 0 Å². The highest BCUT2D eigenvalue weighted by molar-refractivity contribution is 5.92. The molecule has 2 heterocycles. The van der Waals surface area contributed by atoms with Gasteiger partial charge in [0.25, 0.3) is 0 Å². The van der Waals surface area contributed by atoms with Crippen molar-refractivity contribution in [3.63, 3.8) is 0 Å². The number of amides is 1. The normalized spacial score (nSPS) is 35.4. The van der Waals surface area contributed by atoms with Crippen molar-refractivity contribution >= 4 is 5.91 Å². The van der Waals surface area contributed by atoms with E-state index in [9.17, 15) is 4.79 Å². The molecule has 1 saturated carbocycles. The number of nitrogens with zero attached hydrogens (tertiary/aromatic N) is 2. The maximum atomic E-state index is 12.6. The Bertz CT molecular complexity index is 340. The maximum absolute atomic E-state index is 12.6. The van der Waals surface area contributed by atoms with Crippen LogP contribution < -0.4 is 5.32 Å². The van der Waals surface area contributed by atoms with Crippen LogP contribution in [0.1, 0.15) is 45.4 Å². The molecule has 3 rings (SSSR count). The van der Waals surface area contributed by atoms with Gasteiger partial charge in [0.05, 0.1) is 11.7 Å². The van der Waals surface area contributed by atoms with Gasteiger partial charge < -0.3 is 9.80 Å². The van der Waals surface area contributed by atoms with Crippen LogP contribution >= 0.6 is 0 Å². The van der Waals surface area contributed by atoms with Crippen LogP contribution in [0.15, 0.2) is 0 Å². The largest absolute Gasteiger partial charge is 0.321 e. The van der Waals surface area contributed by atoms with Crippen LogP contribution in [0.3, 0.4) is 0 Å². The zero-order valence-corrected chi connectivity index (χ0v) is 11.6. The van der Waals surface area contributed by atoms with E-state index in [-0.39, 0.29) is 5.54 Å². The van der Waals surface area contributed by atoms with Crippen LogP contribution in [0.5, 0.6) is 0 Å². The fourth-order valence-electron chi connectivity index (χ4n) is 3.59. The summed E-state index contributed by atoms with van der Waals surface area (Å²) in [6.07, 6.45) is 7.01. The average Bonchev–Trinajstić information content (AvgIpc) is 3.05. The molecule has 0 radical (unpaired) electrons. The Morgan fingerprint density at radius 3 is 2.83 bits per heavy atom. The number of carbonyl (C=O) groups excluding carboxylic acids is 1. The van der Waals surface area contributed by atoms with E-state index in [0.717, 1.165) is 32.2 Å². The second-order valence-electron chi connectivity index (χ2n) is 6.30. The lowest BCUT2D eigenvalue weighted by molar-refractivity contribution is -0.134. The van der Waals surface area contributed by atoms with Crippen LogP contribution in [0, 0.1) is 0 Å². The molecule has 3 aliphatic rings. The summed E-state index contributed by atoms with van der Waals surface area (Å²) in [5.74, 6) is 0.390. The van der Waals surface area contributed by atoms with E-state index in [2.05, 4.69) is 29.1 Å². The monoisotopic (exact) mass is 251 g/mol. The first-order valence-electron chi connectivity index (χ1n) is 7.45. The van der Waals surface area contributed by atoms with E-state index in [4.69, 9.17) is 0 Å². The minimum atomic E-state index is -0.143. The second kappa shape index (κ2) is 4.49. The van der Waals surface area contributed by atoms with Crippen molar-refractivity contribution in [1.82, 2.24) is 15.1 Å². The molecule has 0 bridgehead atoms. The zero-order chi connectivity index (χ0) is 12.8. The van der Waals surface area contributed by atoms with Crippen LogP contribution in [0.4, 0.5) is 0 Å². The van der Waals surface area contributed by atoms with Crippen molar-refractivity contribution in [3.05, 3.63) is 0 Å². The number of carbonyl (C=O) groups is 1. The molecule has 18 heavy (non-hydrogen) atoms. The highest BCUT2D eigenvalue weighted by Crippen LogP contribution is 2.44. The number of piperidine rings is 1. The molecular formula is C14H25N3O. The van der Waals surface area contributed by atoms with E-state index < -0.39 is 0 Å². The number of likely N-dealkylation sites (N-methyl/N-ethyl adjacent to an activating group) is 1.